The summed E-state index contributed by atoms with van der Waals surface area (Å²) in [7, 11) is 8.26. The van der Waals surface area contributed by atoms with Crippen LogP contribution in [0.4, 0.5) is 0 Å². The van der Waals surface area contributed by atoms with Gasteiger partial charge in [-0.05, 0) is 69.8 Å². The van der Waals surface area contributed by atoms with Crippen LogP contribution in [0.25, 0.3) is 0 Å². The van der Waals surface area contributed by atoms with Crippen molar-refractivity contribution in [2.24, 2.45) is 29.4 Å². The Kier molecular flexibility index (Phi) is 21.5. The van der Waals surface area contributed by atoms with Gasteiger partial charge in [-0.25, -0.2) is 4.79 Å². The van der Waals surface area contributed by atoms with E-state index in [1.807, 2.05) is 77.0 Å². The number of rotatable bonds is 26. The molecule has 0 aliphatic carbocycles. The van der Waals surface area contributed by atoms with E-state index in [2.05, 4.69) is 29.4 Å². The number of nitrogens with one attached hydrogen (secondary N) is 2. The first-order chi connectivity index (χ1) is 27.5. The second kappa shape index (κ2) is 24.6. The molecule has 0 unspecified atom stereocenters. The van der Waals surface area contributed by atoms with Crippen molar-refractivity contribution in [2.75, 3.05) is 61.6 Å². The van der Waals surface area contributed by atoms with E-state index in [1.165, 1.54) is 14.2 Å². The number of likely N-dealkylation sites (tertiary alicyclic amines) is 1. The third-order valence-electron chi connectivity index (χ3n) is 12.3. The van der Waals surface area contributed by atoms with Gasteiger partial charge in [-0.2, -0.15) is 0 Å². The van der Waals surface area contributed by atoms with Crippen molar-refractivity contribution < 1.29 is 38.2 Å². The highest BCUT2D eigenvalue weighted by atomic mass is 16.5. The summed E-state index contributed by atoms with van der Waals surface area (Å²) in [6, 6.07) is 7.39. The molecule has 0 aromatic heterocycles. The third-order valence-corrected chi connectivity index (χ3v) is 12.3. The van der Waals surface area contributed by atoms with Gasteiger partial charge in [0.1, 0.15) is 17.9 Å². The maximum atomic E-state index is 14.3. The minimum atomic E-state index is -1.21. The van der Waals surface area contributed by atoms with Crippen molar-refractivity contribution >= 4 is 30.0 Å². The SMILES string of the molecule is CC[C@H](C)[C@@H]([C@@H](CC(=O)N1CCC[C@H]1[C@H](OC)[C@@H](C)C(=O)N[C@@H](Cc1ccccc1)C(=O)OC)OC)N(C)C[C@](C=O)(NC(=O)[C@H](C(C)C)N(C)CCCN)C(C)C. The molecule has 2 rings (SSSR count). The topological polar surface area (TPSA) is 173 Å². The fourth-order valence-electron chi connectivity index (χ4n) is 8.62. The fourth-order valence-corrected chi connectivity index (χ4v) is 8.62. The normalized spacial score (nSPS) is 19.3. The number of amides is 3. The number of esters is 1. The van der Waals surface area contributed by atoms with Crippen LogP contribution in [0.1, 0.15) is 86.1 Å². The number of methoxy groups -OCH3 is 3. The Morgan fingerprint density at radius 1 is 0.983 bits per heavy atom. The molecule has 1 saturated heterocycles. The molecule has 1 aliphatic heterocycles. The minimum Gasteiger partial charge on any atom is -0.467 e. The number of benzene rings is 1. The molecular weight excluding hydrogens is 741 g/mol. The van der Waals surface area contributed by atoms with E-state index in [4.69, 9.17) is 19.9 Å². The van der Waals surface area contributed by atoms with Gasteiger partial charge in [-0.15, -0.1) is 0 Å². The van der Waals surface area contributed by atoms with Crippen molar-refractivity contribution in [3.05, 3.63) is 35.9 Å². The van der Waals surface area contributed by atoms with Gasteiger partial charge in [0, 0.05) is 39.8 Å². The lowest BCUT2D eigenvalue weighted by Gasteiger charge is -2.44. The lowest BCUT2D eigenvalue weighted by atomic mass is 9.84. The molecule has 3 amide bonds. The molecule has 1 fully saturated rings. The fraction of sp³-hybridized carbons (Fsp3) is 0.750. The minimum absolute atomic E-state index is 0.00494. The summed E-state index contributed by atoms with van der Waals surface area (Å²) < 4.78 is 17.1. The smallest absolute Gasteiger partial charge is 0.328 e. The Morgan fingerprint density at radius 3 is 2.16 bits per heavy atom. The van der Waals surface area contributed by atoms with E-state index in [-0.39, 0.29) is 66.9 Å². The quantitative estimate of drug-likeness (QED) is 0.0926. The number of ether oxygens (including phenoxy) is 3. The standard InChI is InChI=1S/C44H76N6O8/c1-13-31(6)39(49(9)27-44(28-51,30(4)5)47-42(54)38(29(2)3)48(8)23-18-22-45)36(56-10)26-37(52)50-24-17-21-35(50)40(57-11)32(7)41(53)46-34(43(55)58-12)25-33-19-15-14-16-20-33/h14-16,19-20,28-32,34-36,38-40H,13,17-18,21-27,45H2,1-12H3,(H,46,53)(H,47,54)/t31-,32+,34-,35-,36+,38-,39-,40+,44+/m0/s1. The first kappa shape index (κ1) is 50.7. The molecule has 1 aromatic rings. The van der Waals surface area contributed by atoms with Gasteiger partial charge >= 0.3 is 5.97 Å². The summed E-state index contributed by atoms with van der Waals surface area (Å²) in [6.07, 6.45) is 2.92. The zero-order chi connectivity index (χ0) is 43.7. The zero-order valence-corrected chi connectivity index (χ0v) is 37.5. The molecule has 1 heterocycles. The van der Waals surface area contributed by atoms with Crippen LogP contribution in [0.5, 0.6) is 0 Å². The summed E-state index contributed by atoms with van der Waals surface area (Å²) in [5, 5.41) is 6.04. The van der Waals surface area contributed by atoms with Crippen molar-refractivity contribution in [1.82, 2.24) is 25.3 Å². The molecule has 0 bridgehead atoms. The summed E-state index contributed by atoms with van der Waals surface area (Å²) in [5.41, 5.74) is 5.43. The molecule has 0 spiro atoms. The van der Waals surface area contributed by atoms with Crippen LogP contribution in [0.15, 0.2) is 30.3 Å². The van der Waals surface area contributed by atoms with E-state index >= 15 is 0 Å². The summed E-state index contributed by atoms with van der Waals surface area (Å²) in [5.74, 6) is -2.13. The molecule has 1 aliphatic rings. The number of carbonyl (C=O) groups is 5. The van der Waals surface area contributed by atoms with Crippen LogP contribution in [-0.4, -0.2) is 148 Å². The Morgan fingerprint density at radius 2 is 1.64 bits per heavy atom. The third kappa shape index (κ3) is 13.6. The molecule has 1 aromatic carbocycles. The van der Waals surface area contributed by atoms with Gasteiger partial charge in [-0.3, -0.25) is 24.2 Å². The second-order valence-corrected chi connectivity index (χ2v) is 16.9. The Labute approximate surface area is 348 Å². The Balaban J connectivity index is 2.32. The monoisotopic (exact) mass is 817 g/mol. The number of likely N-dealkylation sites (N-methyl/N-ethyl adjacent to an activating group) is 2. The number of aldehydes is 1. The number of hydrogen-bond donors (Lipinski definition) is 3. The highest BCUT2D eigenvalue weighted by molar-refractivity contribution is 5.87. The highest BCUT2D eigenvalue weighted by Crippen LogP contribution is 2.30. The lowest BCUT2D eigenvalue weighted by Crippen LogP contribution is -2.65. The second-order valence-electron chi connectivity index (χ2n) is 16.9. The largest absolute Gasteiger partial charge is 0.467 e. The summed E-state index contributed by atoms with van der Waals surface area (Å²) >= 11 is 0. The Hall–Kier alpha value is -3.43. The van der Waals surface area contributed by atoms with E-state index in [0.29, 0.717) is 26.1 Å². The first-order valence-corrected chi connectivity index (χ1v) is 21.1. The molecule has 14 heteroatoms. The van der Waals surface area contributed by atoms with Gasteiger partial charge < -0.3 is 40.3 Å². The first-order valence-electron chi connectivity index (χ1n) is 21.1. The van der Waals surface area contributed by atoms with Gasteiger partial charge in [0.25, 0.3) is 0 Å². The maximum absolute atomic E-state index is 14.3. The summed E-state index contributed by atoms with van der Waals surface area (Å²) in [4.78, 5) is 73.7. The van der Waals surface area contributed by atoms with E-state index in [9.17, 15) is 24.0 Å². The van der Waals surface area contributed by atoms with Gasteiger partial charge in [-0.1, -0.05) is 85.2 Å². The number of nitrogens with two attached hydrogens (primary N) is 1. The van der Waals surface area contributed by atoms with Crippen molar-refractivity contribution in [2.45, 2.75) is 129 Å². The maximum Gasteiger partial charge on any atom is 0.328 e. The van der Waals surface area contributed by atoms with Gasteiger partial charge in [0.15, 0.2) is 0 Å². The molecule has 9 atom stereocenters. The van der Waals surface area contributed by atoms with Crippen molar-refractivity contribution in [3.63, 3.8) is 0 Å². The molecule has 14 nitrogen and oxygen atoms in total. The van der Waals surface area contributed by atoms with Crippen LogP contribution < -0.4 is 16.4 Å². The average Bonchev–Trinajstić information content (AvgIpc) is 3.68. The van der Waals surface area contributed by atoms with Crippen molar-refractivity contribution in [1.29, 1.82) is 0 Å². The van der Waals surface area contributed by atoms with Crippen LogP contribution in [0, 0.1) is 23.7 Å². The van der Waals surface area contributed by atoms with E-state index < -0.39 is 41.7 Å². The van der Waals surface area contributed by atoms with Gasteiger partial charge in [0.2, 0.25) is 17.7 Å². The van der Waals surface area contributed by atoms with E-state index in [1.54, 1.807) is 18.9 Å². The van der Waals surface area contributed by atoms with Crippen LogP contribution in [0.2, 0.25) is 0 Å². The molecule has 330 valence electrons. The lowest BCUT2D eigenvalue weighted by molar-refractivity contribution is -0.147. The molecule has 0 saturated carbocycles. The molecular formula is C44H76N6O8. The number of hydrogen-bond acceptors (Lipinski definition) is 11. The van der Waals surface area contributed by atoms with E-state index in [0.717, 1.165) is 31.1 Å². The molecule has 0 radical (unpaired) electrons. The van der Waals surface area contributed by atoms with Crippen LogP contribution in [0.3, 0.4) is 0 Å². The molecule has 4 N–H and O–H groups in total. The average molecular weight is 817 g/mol. The number of nitrogens with zero attached hydrogens (tertiary/aromatic N) is 3. The number of carbonyl (C=O) groups excluding carboxylic acids is 5. The zero-order valence-electron chi connectivity index (χ0n) is 37.5. The molecule has 58 heavy (non-hydrogen) atoms. The highest BCUT2D eigenvalue weighted by Gasteiger charge is 2.45. The Bertz CT molecular complexity index is 1430. The van der Waals surface area contributed by atoms with Gasteiger partial charge in [0.05, 0.1) is 43.7 Å². The summed E-state index contributed by atoms with van der Waals surface area (Å²) in [6.45, 7) is 15.7. The predicted molar refractivity (Wildman–Crippen MR) is 227 cm³/mol. The van der Waals surface area contributed by atoms with Crippen molar-refractivity contribution in [3.8, 4) is 0 Å². The predicted octanol–water partition coefficient (Wildman–Crippen LogP) is 3.30. The van der Waals surface area contributed by atoms with Crippen LogP contribution >= 0.6 is 0 Å². The van der Waals surface area contributed by atoms with Crippen LogP contribution in [-0.2, 0) is 44.6 Å².